The first-order chi connectivity index (χ1) is 16.5. The Morgan fingerprint density at radius 3 is 2.68 bits per heavy atom. The van der Waals surface area contributed by atoms with E-state index in [1.165, 1.54) is 15.8 Å². The number of ether oxygens (including phenoxy) is 1. The highest BCUT2D eigenvalue weighted by Gasteiger charge is 2.35. The van der Waals surface area contributed by atoms with Crippen molar-refractivity contribution in [3.05, 3.63) is 77.7 Å². The standard InChI is InChI=1S/C25H27N5O4/c1-17-10-11-19(15-18(17)2)30(23(31)16-29-21-8-5-4-7-20(21)27-28-29)24(22-9-6-13-34-22)25(32)26-12-14-33-3/h4-11,13,15,24H,12,14,16H2,1-3H3,(H,26,32)/t24-/m0/s1. The predicted molar refractivity (Wildman–Crippen MR) is 127 cm³/mol. The summed E-state index contributed by atoms with van der Waals surface area (Å²) in [6.07, 6.45) is 1.48. The minimum absolute atomic E-state index is 0.101. The van der Waals surface area contributed by atoms with Gasteiger partial charge in [-0.05, 0) is 61.4 Å². The Morgan fingerprint density at radius 2 is 1.94 bits per heavy atom. The fourth-order valence-electron chi connectivity index (χ4n) is 3.74. The second-order valence-corrected chi connectivity index (χ2v) is 7.97. The first kappa shape index (κ1) is 23.2. The molecular formula is C25H27N5O4. The van der Waals surface area contributed by atoms with Crippen LogP contribution in [-0.2, 0) is 20.9 Å². The molecule has 1 N–H and O–H groups in total. The summed E-state index contributed by atoms with van der Waals surface area (Å²) < 4.78 is 12.2. The Hall–Kier alpha value is -3.98. The maximum atomic E-state index is 13.8. The van der Waals surface area contributed by atoms with Gasteiger partial charge in [0.05, 0.1) is 18.4 Å². The van der Waals surface area contributed by atoms with Crippen molar-refractivity contribution in [2.24, 2.45) is 0 Å². The van der Waals surface area contributed by atoms with Gasteiger partial charge in [-0.15, -0.1) is 5.10 Å². The number of fused-ring (bicyclic) bond motifs is 1. The van der Waals surface area contributed by atoms with Crippen LogP contribution in [0.4, 0.5) is 5.69 Å². The number of carbonyl (C=O) groups excluding carboxylic acids is 2. The molecule has 9 heteroatoms. The molecule has 0 radical (unpaired) electrons. The van der Waals surface area contributed by atoms with E-state index in [-0.39, 0.29) is 18.4 Å². The summed E-state index contributed by atoms with van der Waals surface area (Å²) in [4.78, 5) is 28.6. The summed E-state index contributed by atoms with van der Waals surface area (Å²) in [6.45, 7) is 4.51. The monoisotopic (exact) mass is 461 g/mol. The lowest BCUT2D eigenvalue weighted by Crippen LogP contribution is -2.45. The number of aryl methyl sites for hydroxylation is 2. The van der Waals surface area contributed by atoms with Gasteiger partial charge in [0.2, 0.25) is 5.91 Å². The minimum atomic E-state index is -1.02. The molecular weight excluding hydrogens is 434 g/mol. The molecule has 0 saturated carbocycles. The first-order valence-corrected chi connectivity index (χ1v) is 11.0. The van der Waals surface area contributed by atoms with Crippen LogP contribution in [0.15, 0.2) is 65.3 Å². The second-order valence-electron chi connectivity index (χ2n) is 7.97. The van der Waals surface area contributed by atoms with Crippen LogP contribution in [-0.4, -0.2) is 47.1 Å². The summed E-state index contributed by atoms with van der Waals surface area (Å²) in [5.41, 5.74) is 4.08. The van der Waals surface area contributed by atoms with Gasteiger partial charge in [-0.25, -0.2) is 4.68 Å². The van der Waals surface area contributed by atoms with Gasteiger partial charge in [0, 0.05) is 19.3 Å². The number of carbonyl (C=O) groups is 2. The summed E-state index contributed by atoms with van der Waals surface area (Å²) >= 11 is 0. The van der Waals surface area contributed by atoms with Crippen molar-refractivity contribution in [1.29, 1.82) is 0 Å². The molecule has 9 nitrogen and oxygen atoms in total. The van der Waals surface area contributed by atoms with Crippen molar-refractivity contribution >= 4 is 28.5 Å². The molecule has 2 aromatic carbocycles. The van der Waals surface area contributed by atoms with Gasteiger partial charge < -0.3 is 14.5 Å². The van der Waals surface area contributed by atoms with E-state index in [0.717, 1.165) is 16.6 Å². The Kier molecular flexibility index (Phi) is 7.03. The number of furan rings is 1. The minimum Gasteiger partial charge on any atom is -0.467 e. The third-order valence-corrected chi connectivity index (χ3v) is 5.67. The zero-order valence-electron chi connectivity index (χ0n) is 19.4. The van der Waals surface area contributed by atoms with E-state index in [2.05, 4.69) is 15.6 Å². The van der Waals surface area contributed by atoms with Gasteiger partial charge >= 0.3 is 0 Å². The van der Waals surface area contributed by atoms with Crippen LogP contribution in [0.5, 0.6) is 0 Å². The van der Waals surface area contributed by atoms with Crippen molar-refractivity contribution < 1.29 is 18.7 Å². The summed E-state index contributed by atoms with van der Waals surface area (Å²) in [7, 11) is 1.56. The summed E-state index contributed by atoms with van der Waals surface area (Å²) in [5.74, 6) is -0.353. The zero-order chi connectivity index (χ0) is 24.1. The molecule has 2 amide bonds. The Balaban J connectivity index is 1.76. The number of hydrogen-bond donors (Lipinski definition) is 1. The number of benzene rings is 2. The van der Waals surface area contributed by atoms with E-state index in [1.807, 2.05) is 56.3 Å². The molecule has 2 heterocycles. The number of amides is 2. The average Bonchev–Trinajstić information content (AvgIpc) is 3.50. The predicted octanol–water partition coefficient (Wildman–Crippen LogP) is 3.18. The van der Waals surface area contributed by atoms with Crippen LogP contribution in [0.3, 0.4) is 0 Å². The second kappa shape index (κ2) is 10.3. The van der Waals surface area contributed by atoms with Crippen LogP contribution in [0.2, 0.25) is 0 Å². The zero-order valence-corrected chi connectivity index (χ0v) is 19.4. The van der Waals surface area contributed by atoms with Crippen LogP contribution in [0.25, 0.3) is 11.0 Å². The van der Waals surface area contributed by atoms with Crippen molar-refractivity contribution in [3.63, 3.8) is 0 Å². The molecule has 176 valence electrons. The van der Waals surface area contributed by atoms with E-state index < -0.39 is 6.04 Å². The van der Waals surface area contributed by atoms with Gasteiger partial charge in [-0.2, -0.15) is 0 Å². The van der Waals surface area contributed by atoms with Crippen LogP contribution in [0.1, 0.15) is 22.9 Å². The number of para-hydroxylation sites is 1. The van der Waals surface area contributed by atoms with Gasteiger partial charge in [0.1, 0.15) is 17.8 Å². The summed E-state index contributed by atoms with van der Waals surface area (Å²) in [5, 5.41) is 11.1. The fourth-order valence-corrected chi connectivity index (χ4v) is 3.74. The summed E-state index contributed by atoms with van der Waals surface area (Å²) in [6, 6.07) is 15.4. The highest BCUT2D eigenvalue weighted by Crippen LogP contribution is 2.30. The highest BCUT2D eigenvalue weighted by atomic mass is 16.5. The molecule has 0 aliphatic heterocycles. The molecule has 4 aromatic rings. The molecule has 1 atom stereocenters. The van der Waals surface area contributed by atoms with E-state index in [1.54, 1.807) is 19.2 Å². The number of nitrogens with one attached hydrogen (secondary N) is 1. The molecule has 0 bridgehead atoms. The quantitative estimate of drug-likeness (QED) is 0.384. The van der Waals surface area contributed by atoms with E-state index in [4.69, 9.17) is 9.15 Å². The lowest BCUT2D eigenvalue weighted by molar-refractivity contribution is -0.127. The van der Waals surface area contributed by atoms with Crippen molar-refractivity contribution in [3.8, 4) is 0 Å². The molecule has 0 saturated heterocycles. The highest BCUT2D eigenvalue weighted by molar-refractivity contribution is 6.01. The smallest absolute Gasteiger partial charge is 0.251 e. The van der Waals surface area contributed by atoms with Gasteiger partial charge in [0.15, 0.2) is 6.04 Å². The molecule has 0 aliphatic rings. The molecule has 0 aliphatic carbocycles. The number of anilines is 1. The number of aromatic nitrogens is 3. The maximum absolute atomic E-state index is 13.8. The molecule has 4 rings (SSSR count). The largest absolute Gasteiger partial charge is 0.467 e. The Morgan fingerprint density at radius 1 is 1.12 bits per heavy atom. The van der Waals surface area contributed by atoms with Crippen LogP contribution in [0, 0.1) is 13.8 Å². The Bertz CT molecular complexity index is 1280. The number of rotatable bonds is 9. The van der Waals surface area contributed by atoms with Crippen molar-refractivity contribution in [1.82, 2.24) is 20.3 Å². The average molecular weight is 462 g/mol. The topological polar surface area (TPSA) is 102 Å². The van der Waals surface area contributed by atoms with Gasteiger partial charge in [-0.1, -0.05) is 23.4 Å². The van der Waals surface area contributed by atoms with E-state index in [9.17, 15) is 9.59 Å². The van der Waals surface area contributed by atoms with Crippen molar-refractivity contribution in [2.45, 2.75) is 26.4 Å². The third-order valence-electron chi connectivity index (χ3n) is 5.67. The number of methoxy groups -OCH3 is 1. The van der Waals surface area contributed by atoms with Crippen molar-refractivity contribution in [2.75, 3.05) is 25.2 Å². The van der Waals surface area contributed by atoms with E-state index in [0.29, 0.717) is 30.1 Å². The molecule has 0 fully saturated rings. The van der Waals surface area contributed by atoms with Crippen LogP contribution < -0.4 is 10.2 Å². The molecule has 0 spiro atoms. The fraction of sp³-hybridized carbons (Fsp3) is 0.280. The number of hydrogen-bond acceptors (Lipinski definition) is 6. The first-order valence-electron chi connectivity index (χ1n) is 11.0. The van der Waals surface area contributed by atoms with Gasteiger partial charge in [-0.3, -0.25) is 14.5 Å². The lowest BCUT2D eigenvalue weighted by atomic mass is 10.1. The lowest BCUT2D eigenvalue weighted by Gasteiger charge is -2.30. The van der Waals surface area contributed by atoms with Crippen LogP contribution >= 0.6 is 0 Å². The normalized spacial score (nSPS) is 12.0. The molecule has 2 aromatic heterocycles. The number of nitrogens with zero attached hydrogens (tertiary/aromatic N) is 4. The van der Waals surface area contributed by atoms with E-state index >= 15 is 0 Å². The molecule has 0 unspecified atom stereocenters. The molecule has 34 heavy (non-hydrogen) atoms. The third kappa shape index (κ3) is 4.84. The maximum Gasteiger partial charge on any atom is 0.251 e. The van der Waals surface area contributed by atoms with Gasteiger partial charge in [0.25, 0.3) is 5.91 Å². The Labute approximate surface area is 197 Å². The SMILES string of the molecule is COCCNC(=O)[C@H](c1ccco1)N(C(=O)Cn1nnc2ccccc21)c1ccc(C)c(C)c1.